The number of hydrogen-bond donors (Lipinski definition) is 2. The van der Waals surface area contributed by atoms with Gasteiger partial charge < -0.3 is 10.6 Å². The highest BCUT2D eigenvalue weighted by molar-refractivity contribution is 5.85. The van der Waals surface area contributed by atoms with Gasteiger partial charge in [0.15, 0.2) is 0 Å². The summed E-state index contributed by atoms with van der Waals surface area (Å²) < 4.78 is 0. The van der Waals surface area contributed by atoms with Gasteiger partial charge >= 0.3 is 0 Å². The number of rotatable bonds is 6. The van der Waals surface area contributed by atoms with Crippen molar-refractivity contribution in [2.24, 2.45) is 0 Å². The van der Waals surface area contributed by atoms with Gasteiger partial charge in [0.2, 0.25) is 5.91 Å². The Morgan fingerprint density at radius 1 is 1.04 bits per heavy atom. The Hall–Kier alpha value is -1.84. The summed E-state index contributed by atoms with van der Waals surface area (Å²) >= 11 is 0. The number of nitrogens with one attached hydrogen (secondary N) is 2. The highest BCUT2D eigenvalue weighted by Gasteiger charge is 2.19. The smallest absolute Gasteiger partial charge is 0.221 e. The van der Waals surface area contributed by atoms with E-state index in [9.17, 15) is 4.79 Å². The zero-order chi connectivity index (χ0) is 15.9. The van der Waals surface area contributed by atoms with Gasteiger partial charge in [-0.15, -0.1) is 12.4 Å². The molecule has 1 atom stereocenters. The van der Waals surface area contributed by atoms with Crippen molar-refractivity contribution in [2.45, 2.75) is 31.2 Å². The number of carbonyl (C=O) groups is 1. The molecular formula is C20H25ClN2O. The van der Waals surface area contributed by atoms with E-state index in [1.54, 1.807) is 0 Å². The van der Waals surface area contributed by atoms with Crippen LogP contribution in [0, 0.1) is 0 Å². The molecule has 2 aromatic carbocycles. The molecule has 1 heterocycles. The molecule has 0 saturated carbocycles. The molecule has 1 saturated heterocycles. The lowest BCUT2D eigenvalue weighted by atomic mass is 9.91. The van der Waals surface area contributed by atoms with Crippen molar-refractivity contribution >= 4 is 18.3 Å². The van der Waals surface area contributed by atoms with Crippen molar-refractivity contribution in [3.05, 3.63) is 71.8 Å². The van der Waals surface area contributed by atoms with Crippen LogP contribution >= 0.6 is 12.4 Å². The number of hydrogen-bond acceptors (Lipinski definition) is 2. The molecule has 1 aliphatic rings. The van der Waals surface area contributed by atoms with Crippen LogP contribution in [0.5, 0.6) is 0 Å². The SMILES string of the molecule is Cl.O=C(CC1CCCN1)NCC(c1ccccc1)c1ccccc1. The molecule has 2 aromatic rings. The molecule has 4 heteroatoms. The van der Waals surface area contributed by atoms with E-state index in [1.165, 1.54) is 17.5 Å². The molecule has 0 aromatic heterocycles. The summed E-state index contributed by atoms with van der Waals surface area (Å²) in [6, 6.07) is 21.1. The van der Waals surface area contributed by atoms with Crippen molar-refractivity contribution in [2.75, 3.05) is 13.1 Å². The van der Waals surface area contributed by atoms with Crippen molar-refractivity contribution in [3.63, 3.8) is 0 Å². The van der Waals surface area contributed by atoms with E-state index >= 15 is 0 Å². The van der Waals surface area contributed by atoms with E-state index in [1.807, 2.05) is 12.1 Å². The molecule has 24 heavy (non-hydrogen) atoms. The second-order valence-corrected chi connectivity index (χ2v) is 6.18. The highest BCUT2D eigenvalue weighted by atomic mass is 35.5. The molecule has 0 radical (unpaired) electrons. The summed E-state index contributed by atoms with van der Waals surface area (Å²) in [4.78, 5) is 12.2. The van der Waals surface area contributed by atoms with Crippen molar-refractivity contribution < 1.29 is 4.79 Å². The van der Waals surface area contributed by atoms with Crippen LogP contribution in [0.25, 0.3) is 0 Å². The Morgan fingerprint density at radius 2 is 1.62 bits per heavy atom. The third kappa shape index (κ3) is 5.08. The van der Waals surface area contributed by atoms with Gasteiger partial charge in [0.25, 0.3) is 0 Å². The summed E-state index contributed by atoms with van der Waals surface area (Å²) in [6.45, 7) is 1.67. The fourth-order valence-corrected chi connectivity index (χ4v) is 3.24. The van der Waals surface area contributed by atoms with Crippen molar-refractivity contribution in [1.29, 1.82) is 0 Å². The number of benzene rings is 2. The average molecular weight is 345 g/mol. The molecule has 0 bridgehead atoms. The molecule has 128 valence electrons. The Balaban J connectivity index is 0.00000208. The highest BCUT2D eigenvalue weighted by Crippen LogP contribution is 2.23. The quantitative estimate of drug-likeness (QED) is 0.842. The van der Waals surface area contributed by atoms with Crippen LogP contribution in [0.4, 0.5) is 0 Å². The Labute approximate surface area is 150 Å². The van der Waals surface area contributed by atoms with Crippen LogP contribution in [0.3, 0.4) is 0 Å². The monoisotopic (exact) mass is 344 g/mol. The molecule has 0 aliphatic carbocycles. The fourth-order valence-electron chi connectivity index (χ4n) is 3.24. The Bertz CT molecular complexity index is 573. The van der Waals surface area contributed by atoms with Gasteiger partial charge in [-0.3, -0.25) is 4.79 Å². The number of amides is 1. The lowest BCUT2D eigenvalue weighted by molar-refractivity contribution is -0.121. The minimum atomic E-state index is 0. The van der Waals surface area contributed by atoms with Gasteiger partial charge in [-0.25, -0.2) is 0 Å². The van der Waals surface area contributed by atoms with E-state index in [2.05, 4.69) is 59.2 Å². The molecule has 1 amide bonds. The number of carbonyl (C=O) groups excluding carboxylic acids is 1. The topological polar surface area (TPSA) is 41.1 Å². The first kappa shape index (κ1) is 18.5. The van der Waals surface area contributed by atoms with Gasteiger partial charge in [0.05, 0.1) is 0 Å². The maximum atomic E-state index is 12.2. The minimum Gasteiger partial charge on any atom is -0.355 e. The predicted molar refractivity (Wildman–Crippen MR) is 101 cm³/mol. The Kier molecular flexibility index (Phi) is 7.29. The van der Waals surface area contributed by atoms with Gasteiger partial charge in [-0.2, -0.15) is 0 Å². The number of halogens is 1. The largest absolute Gasteiger partial charge is 0.355 e. The van der Waals surface area contributed by atoms with Crippen LogP contribution in [0.1, 0.15) is 36.3 Å². The third-order valence-electron chi connectivity index (χ3n) is 4.50. The van der Waals surface area contributed by atoms with Crippen LogP contribution in [0.15, 0.2) is 60.7 Å². The lowest BCUT2D eigenvalue weighted by Gasteiger charge is -2.19. The Morgan fingerprint density at radius 3 is 2.12 bits per heavy atom. The molecule has 3 nitrogen and oxygen atoms in total. The second kappa shape index (κ2) is 9.45. The maximum absolute atomic E-state index is 12.2. The van der Waals surface area contributed by atoms with Crippen LogP contribution < -0.4 is 10.6 Å². The fraction of sp³-hybridized carbons (Fsp3) is 0.350. The van der Waals surface area contributed by atoms with Gasteiger partial charge in [-0.05, 0) is 30.5 Å². The van der Waals surface area contributed by atoms with Gasteiger partial charge in [-0.1, -0.05) is 60.7 Å². The minimum absolute atomic E-state index is 0. The maximum Gasteiger partial charge on any atom is 0.221 e. The van der Waals surface area contributed by atoms with Gasteiger partial charge in [0, 0.05) is 24.9 Å². The summed E-state index contributed by atoms with van der Waals surface area (Å²) in [5.74, 6) is 0.333. The molecule has 3 rings (SSSR count). The average Bonchev–Trinajstić information content (AvgIpc) is 3.10. The van der Waals surface area contributed by atoms with Crippen molar-refractivity contribution in [1.82, 2.24) is 10.6 Å². The zero-order valence-electron chi connectivity index (χ0n) is 13.8. The molecule has 1 aliphatic heterocycles. The van der Waals surface area contributed by atoms with Crippen molar-refractivity contribution in [3.8, 4) is 0 Å². The summed E-state index contributed by atoms with van der Waals surface area (Å²) in [7, 11) is 0. The molecule has 0 spiro atoms. The third-order valence-corrected chi connectivity index (χ3v) is 4.50. The predicted octanol–water partition coefficient (Wildman–Crippen LogP) is 3.50. The summed E-state index contributed by atoms with van der Waals surface area (Å²) in [5, 5.41) is 6.51. The molecule has 1 fully saturated rings. The van der Waals surface area contributed by atoms with E-state index in [0.717, 1.165) is 13.0 Å². The summed E-state index contributed by atoms with van der Waals surface area (Å²) in [5.41, 5.74) is 2.47. The van der Waals surface area contributed by atoms with E-state index < -0.39 is 0 Å². The zero-order valence-corrected chi connectivity index (χ0v) is 14.6. The first-order chi connectivity index (χ1) is 11.3. The van der Waals surface area contributed by atoms with Crippen LogP contribution in [-0.4, -0.2) is 25.0 Å². The first-order valence-electron chi connectivity index (χ1n) is 8.43. The van der Waals surface area contributed by atoms with E-state index in [-0.39, 0.29) is 24.2 Å². The standard InChI is InChI=1S/C20H24N2O.ClH/c23-20(14-18-12-7-13-21-18)22-15-19(16-8-3-1-4-9-16)17-10-5-2-6-11-17;/h1-6,8-11,18-19,21H,7,12-15H2,(H,22,23);1H. The van der Waals surface area contributed by atoms with E-state index in [4.69, 9.17) is 0 Å². The second-order valence-electron chi connectivity index (χ2n) is 6.18. The lowest BCUT2D eigenvalue weighted by Crippen LogP contribution is -2.34. The normalized spacial score (nSPS) is 16.6. The molecule has 1 unspecified atom stereocenters. The van der Waals surface area contributed by atoms with E-state index in [0.29, 0.717) is 19.0 Å². The van der Waals surface area contributed by atoms with Gasteiger partial charge in [0.1, 0.15) is 0 Å². The molecular weight excluding hydrogens is 320 g/mol. The summed E-state index contributed by atoms with van der Waals surface area (Å²) in [6.07, 6.45) is 2.86. The van der Waals surface area contributed by atoms with Crippen LogP contribution in [0.2, 0.25) is 0 Å². The van der Waals surface area contributed by atoms with Crippen LogP contribution in [-0.2, 0) is 4.79 Å². The molecule has 2 N–H and O–H groups in total. The first-order valence-corrected chi connectivity index (χ1v) is 8.43.